The van der Waals surface area contributed by atoms with Gasteiger partial charge in [0.15, 0.2) is 0 Å². The van der Waals surface area contributed by atoms with Gasteiger partial charge in [-0.25, -0.2) is 4.79 Å². The van der Waals surface area contributed by atoms with Crippen LogP contribution in [-0.4, -0.2) is 23.4 Å². The normalized spacial score (nSPS) is 13.0. The second-order valence-electron chi connectivity index (χ2n) is 8.54. The van der Waals surface area contributed by atoms with Gasteiger partial charge in [0.1, 0.15) is 0 Å². The summed E-state index contributed by atoms with van der Waals surface area (Å²) in [6.07, 6.45) is -1.28. The molecule has 3 aromatic rings. The van der Waals surface area contributed by atoms with Crippen LogP contribution in [0.4, 0.5) is 29.3 Å². The van der Waals surface area contributed by atoms with E-state index in [2.05, 4.69) is 17.6 Å². The fraction of sp³-hybridized carbons (Fsp3) is 0.259. The Kier molecular flexibility index (Phi) is 7.10. The third kappa shape index (κ3) is 5.82. The summed E-state index contributed by atoms with van der Waals surface area (Å²) >= 11 is 0. The summed E-state index contributed by atoms with van der Waals surface area (Å²) in [5.74, 6) is 0.0778. The lowest BCUT2D eigenvalue weighted by molar-refractivity contribution is -0.137. The number of carbonyl (C=O) groups is 2. The van der Waals surface area contributed by atoms with Crippen molar-refractivity contribution in [2.24, 2.45) is 0 Å². The fourth-order valence-electron chi connectivity index (χ4n) is 4.11. The van der Waals surface area contributed by atoms with Gasteiger partial charge in [-0.3, -0.25) is 4.79 Å². The van der Waals surface area contributed by atoms with Gasteiger partial charge in [0.2, 0.25) is 0 Å². The largest absolute Gasteiger partial charge is 0.416 e. The van der Waals surface area contributed by atoms with Crippen LogP contribution in [0.15, 0.2) is 66.7 Å². The summed E-state index contributed by atoms with van der Waals surface area (Å²) in [5, 5.41) is 5.04. The predicted molar refractivity (Wildman–Crippen MR) is 130 cm³/mol. The topological polar surface area (TPSA) is 61.4 Å². The number of rotatable bonds is 7. The number of carbonyl (C=O) groups excluding carboxylic acids is 2. The third-order valence-electron chi connectivity index (χ3n) is 5.94. The van der Waals surface area contributed by atoms with Gasteiger partial charge >= 0.3 is 12.2 Å². The molecule has 0 saturated heterocycles. The molecule has 0 unspecified atom stereocenters. The van der Waals surface area contributed by atoms with Crippen LogP contribution >= 0.6 is 0 Å². The molecule has 0 aromatic heterocycles. The van der Waals surface area contributed by atoms with Gasteiger partial charge in [0.05, 0.1) is 5.56 Å². The number of alkyl halides is 3. The summed E-state index contributed by atoms with van der Waals surface area (Å²) in [5.41, 5.74) is 3.35. The number of urea groups is 1. The third-order valence-corrected chi connectivity index (χ3v) is 5.94. The molecular weight excluding hydrogens is 455 g/mol. The smallest absolute Gasteiger partial charge is 0.334 e. The molecule has 3 aromatic carbocycles. The number of nitrogens with zero attached hydrogens (tertiary/aromatic N) is 1. The first-order valence-electron chi connectivity index (χ1n) is 11.5. The fourth-order valence-corrected chi connectivity index (χ4v) is 4.11. The van der Waals surface area contributed by atoms with Crippen LogP contribution < -0.4 is 10.6 Å². The molecular formula is C27H26F3N3O2. The van der Waals surface area contributed by atoms with Crippen LogP contribution in [0.1, 0.15) is 47.7 Å². The van der Waals surface area contributed by atoms with Gasteiger partial charge in [-0.1, -0.05) is 44.0 Å². The maximum absolute atomic E-state index is 12.9. The van der Waals surface area contributed by atoms with Gasteiger partial charge < -0.3 is 15.5 Å². The van der Waals surface area contributed by atoms with E-state index in [-0.39, 0.29) is 11.6 Å². The number of halogens is 3. The monoisotopic (exact) mass is 481 g/mol. The molecule has 8 heteroatoms. The average Bonchev–Trinajstić information content (AvgIpc) is 3.14. The lowest BCUT2D eigenvalue weighted by atomic mass is 10.0. The van der Waals surface area contributed by atoms with Crippen molar-refractivity contribution >= 4 is 23.3 Å². The van der Waals surface area contributed by atoms with Gasteiger partial charge in [0, 0.05) is 30.0 Å². The lowest BCUT2D eigenvalue weighted by Crippen LogP contribution is -2.24. The van der Waals surface area contributed by atoms with Crippen molar-refractivity contribution in [1.82, 2.24) is 4.90 Å². The van der Waals surface area contributed by atoms with Crippen molar-refractivity contribution < 1.29 is 22.8 Å². The molecule has 35 heavy (non-hydrogen) atoms. The minimum absolute atomic E-state index is 0.0466. The summed E-state index contributed by atoms with van der Waals surface area (Å²) in [4.78, 5) is 26.7. The van der Waals surface area contributed by atoms with Crippen LogP contribution in [0.2, 0.25) is 0 Å². The first kappa shape index (κ1) is 24.3. The highest BCUT2D eigenvalue weighted by Gasteiger charge is 2.30. The first-order valence-corrected chi connectivity index (χ1v) is 11.5. The molecule has 3 amide bonds. The summed E-state index contributed by atoms with van der Waals surface area (Å²) < 4.78 is 38.6. The number of anilines is 2. The molecule has 1 aliphatic rings. The second kappa shape index (κ2) is 10.2. The van der Waals surface area contributed by atoms with Gasteiger partial charge in [0.25, 0.3) is 5.91 Å². The van der Waals surface area contributed by atoms with E-state index in [1.165, 1.54) is 12.1 Å². The van der Waals surface area contributed by atoms with E-state index in [9.17, 15) is 22.8 Å². The molecule has 0 spiro atoms. The molecule has 0 bridgehead atoms. The number of amides is 3. The van der Waals surface area contributed by atoms with Crippen molar-refractivity contribution in [3.8, 4) is 11.1 Å². The summed E-state index contributed by atoms with van der Waals surface area (Å²) in [6.45, 7) is 3.51. The number of hydrogen-bond donors (Lipinski definition) is 2. The lowest BCUT2D eigenvalue weighted by Gasteiger charge is -2.14. The van der Waals surface area contributed by atoms with Crippen molar-refractivity contribution in [2.45, 2.75) is 38.9 Å². The summed E-state index contributed by atoms with van der Waals surface area (Å²) in [7, 11) is 0. The van der Waals surface area contributed by atoms with E-state index < -0.39 is 17.8 Å². The van der Waals surface area contributed by atoms with Crippen molar-refractivity contribution in [1.29, 1.82) is 0 Å². The van der Waals surface area contributed by atoms with E-state index in [4.69, 9.17) is 0 Å². The molecule has 5 nitrogen and oxygen atoms in total. The Labute approximate surface area is 202 Å². The molecule has 0 aliphatic carbocycles. The molecule has 0 radical (unpaired) electrons. The highest BCUT2D eigenvalue weighted by molar-refractivity contribution is 6.00. The number of fused-ring (bicyclic) bond motifs is 1. The second-order valence-corrected chi connectivity index (χ2v) is 8.54. The van der Waals surface area contributed by atoms with E-state index in [0.717, 1.165) is 60.2 Å². The Bertz CT molecular complexity index is 1220. The minimum atomic E-state index is -4.48. The molecule has 4 rings (SSSR count). The standard InChI is InChI=1S/C27H26F3N3O2/c1-2-3-4-14-33-17-20-15-19(10-13-24(20)25(33)34)18-8-11-22(12-9-18)31-26(35)32-23-7-5-6-21(16-23)27(28,29)30/h5-13,15-16H,2-4,14,17H2,1H3,(H2,31,32,35). The van der Waals surface area contributed by atoms with Gasteiger partial charge in [-0.15, -0.1) is 0 Å². The predicted octanol–water partition coefficient (Wildman–Crippen LogP) is 7.16. The van der Waals surface area contributed by atoms with Crippen LogP contribution in [-0.2, 0) is 12.7 Å². The van der Waals surface area contributed by atoms with Gasteiger partial charge in [-0.2, -0.15) is 13.2 Å². The molecule has 2 N–H and O–H groups in total. The quantitative estimate of drug-likeness (QED) is 0.352. The minimum Gasteiger partial charge on any atom is -0.334 e. The van der Waals surface area contributed by atoms with Crippen LogP contribution in [0.3, 0.4) is 0 Å². The molecule has 1 heterocycles. The zero-order valence-corrected chi connectivity index (χ0v) is 19.3. The Hall–Kier alpha value is -3.81. The maximum Gasteiger partial charge on any atom is 0.416 e. The first-order chi connectivity index (χ1) is 16.7. The maximum atomic E-state index is 12.9. The Morgan fingerprint density at radius 3 is 2.34 bits per heavy atom. The van der Waals surface area contributed by atoms with E-state index in [0.29, 0.717) is 12.2 Å². The highest BCUT2D eigenvalue weighted by Crippen LogP contribution is 2.31. The number of hydrogen-bond acceptors (Lipinski definition) is 2. The highest BCUT2D eigenvalue weighted by atomic mass is 19.4. The van der Waals surface area contributed by atoms with Crippen LogP contribution in [0, 0.1) is 0 Å². The average molecular weight is 482 g/mol. The number of nitrogens with one attached hydrogen (secondary N) is 2. The SMILES string of the molecule is CCCCCN1Cc2cc(-c3ccc(NC(=O)Nc4cccc(C(F)(F)F)c4)cc3)ccc2C1=O. The van der Waals surface area contributed by atoms with Crippen molar-refractivity contribution in [3.05, 3.63) is 83.4 Å². The zero-order chi connectivity index (χ0) is 25.0. The molecule has 1 aliphatic heterocycles. The molecule has 182 valence electrons. The van der Waals surface area contributed by atoms with Crippen molar-refractivity contribution in [2.75, 3.05) is 17.2 Å². The Morgan fingerprint density at radius 2 is 1.63 bits per heavy atom. The zero-order valence-electron chi connectivity index (χ0n) is 19.3. The molecule has 0 fully saturated rings. The van der Waals surface area contributed by atoms with Crippen LogP contribution in [0.25, 0.3) is 11.1 Å². The van der Waals surface area contributed by atoms with E-state index in [1.54, 1.807) is 12.1 Å². The van der Waals surface area contributed by atoms with E-state index >= 15 is 0 Å². The number of benzene rings is 3. The number of unbranched alkanes of at least 4 members (excludes halogenated alkanes) is 2. The Balaban J connectivity index is 1.39. The Morgan fingerprint density at radius 1 is 0.914 bits per heavy atom. The van der Waals surface area contributed by atoms with Crippen LogP contribution in [0.5, 0.6) is 0 Å². The van der Waals surface area contributed by atoms with Gasteiger partial charge in [-0.05, 0) is 65.6 Å². The van der Waals surface area contributed by atoms with E-state index in [1.807, 2.05) is 35.2 Å². The van der Waals surface area contributed by atoms with Crippen molar-refractivity contribution in [3.63, 3.8) is 0 Å². The summed E-state index contributed by atoms with van der Waals surface area (Å²) in [6, 6.07) is 16.7. The molecule has 0 saturated carbocycles. The molecule has 0 atom stereocenters.